The smallest absolute Gasteiger partial charge is 0.165 e. The van der Waals surface area contributed by atoms with Crippen molar-refractivity contribution >= 4 is 0 Å². The lowest BCUT2D eigenvalue weighted by molar-refractivity contribution is 0.140. The number of nitrogens with one attached hydrogen (secondary N) is 1. The fourth-order valence-corrected chi connectivity index (χ4v) is 2.01. The van der Waals surface area contributed by atoms with E-state index >= 15 is 0 Å². The fraction of sp³-hybridized carbons (Fsp3) is 0.571. The molecule has 2 nitrogen and oxygen atoms in total. The van der Waals surface area contributed by atoms with Crippen LogP contribution in [0.1, 0.15) is 33.1 Å². The van der Waals surface area contributed by atoms with Crippen LogP contribution in [0.25, 0.3) is 0 Å². The number of hydrogen-bond donors (Lipinski definition) is 1. The lowest BCUT2D eigenvalue weighted by Gasteiger charge is -2.26. The number of ether oxygens (including phenoxy) is 1. The molecule has 102 valence electrons. The lowest BCUT2D eigenvalue weighted by Crippen LogP contribution is -2.41. The van der Waals surface area contributed by atoms with E-state index in [4.69, 9.17) is 4.74 Å². The van der Waals surface area contributed by atoms with Crippen molar-refractivity contribution in [2.45, 2.75) is 45.3 Å². The Hall–Kier alpha value is -1.16. The standard InChI is InChI=1S/C14H21F2NO/c1-4-6-12(17-3)13(5-2)18-14-9-10(15)7-8-11(14)16/h7-9,12-13,17H,4-6H2,1-3H3. The molecule has 0 amide bonds. The van der Waals surface area contributed by atoms with Crippen LogP contribution in [-0.4, -0.2) is 19.2 Å². The minimum absolute atomic E-state index is 0.0156. The van der Waals surface area contributed by atoms with Gasteiger partial charge in [0.25, 0.3) is 0 Å². The molecule has 2 atom stereocenters. The Balaban J connectivity index is 2.81. The third kappa shape index (κ3) is 3.95. The molecule has 2 unspecified atom stereocenters. The number of likely N-dealkylation sites (N-methyl/N-ethyl adjacent to an activating group) is 1. The van der Waals surface area contributed by atoms with E-state index < -0.39 is 11.6 Å². The molecule has 1 N–H and O–H groups in total. The molecule has 0 aliphatic rings. The number of benzene rings is 1. The Kier molecular flexibility index (Phi) is 6.05. The van der Waals surface area contributed by atoms with E-state index in [0.717, 1.165) is 37.5 Å². The average Bonchev–Trinajstić information content (AvgIpc) is 2.37. The van der Waals surface area contributed by atoms with Crippen LogP contribution < -0.4 is 10.1 Å². The summed E-state index contributed by atoms with van der Waals surface area (Å²) in [6.45, 7) is 4.06. The molecule has 1 rings (SSSR count). The minimum atomic E-state index is -0.527. The van der Waals surface area contributed by atoms with Crippen LogP contribution in [0.5, 0.6) is 5.75 Å². The van der Waals surface area contributed by atoms with E-state index in [1.807, 2.05) is 14.0 Å². The number of hydrogen-bond acceptors (Lipinski definition) is 2. The van der Waals surface area contributed by atoms with E-state index in [-0.39, 0.29) is 17.9 Å². The summed E-state index contributed by atoms with van der Waals surface area (Å²) in [5.41, 5.74) is 0. The summed E-state index contributed by atoms with van der Waals surface area (Å²) in [6.07, 6.45) is 2.52. The van der Waals surface area contributed by atoms with Gasteiger partial charge in [-0.3, -0.25) is 0 Å². The molecule has 0 bridgehead atoms. The van der Waals surface area contributed by atoms with Gasteiger partial charge in [-0.05, 0) is 32.0 Å². The first-order valence-corrected chi connectivity index (χ1v) is 6.41. The van der Waals surface area contributed by atoms with Crippen molar-refractivity contribution in [2.24, 2.45) is 0 Å². The van der Waals surface area contributed by atoms with Crippen molar-refractivity contribution < 1.29 is 13.5 Å². The molecule has 0 aliphatic heterocycles. The molecule has 0 aromatic heterocycles. The molecule has 0 radical (unpaired) electrons. The third-order valence-electron chi connectivity index (χ3n) is 2.99. The van der Waals surface area contributed by atoms with Gasteiger partial charge in [0, 0.05) is 12.1 Å². The topological polar surface area (TPSA) is 21.3 Å². The highest BCUT2D eigenvalue weighted by atomic mass is 19.1. The SMILES string of the molecule is CCCC(NC)C(CC)Oc1cc(F)ccc1F. The summed E-state index contributed by atoms with van der Waals surface area (Å²) in [5, 5.41) is 3.17. The Labute approximate surface area is 107 Å². The van der Waals surface area contributed by atoms with E-state index in [2.05, 4.69) is 12.2 Å². The molecular weight excluding hydrogens is 236 g/mol. The zero-order valence-corrected chi connectivity index (χ0v) is 11.2. The van der Waals surface area contributed by atoms with Crippen LogP contribution >= 0.6 is 0 Å². The van der Waals surface area contributed by atoms with Gasteiger partial charge in [0.1, 0.15) is 11.9 Å². The normalized spacial score (nSPS) is 14.3. The fourth-order valence-electron chi connectivity index (χ4n) is 2.01. The monoisotopic (exact) mass is 257 g/mol. The van der Waals surface area contributed by atoms with Gasteiger partial charge in [-0.15, -0.1) is 0 Å². The van der Waals surface area contributed by atoms with Crippen LogP contribution in [0.2, 0.25) is 0 Å². The van der Waals surface area contributed by atoms with Crippen molar-refractivity contribution in [3.8, 4) is 5.75 Å². The maximum Gasteiger partial charge on any atom is 0.165 e. The van der Waals surface area contributed by atoms with Crippen LogP contribution in [0.3, 0.4) is 0 Å². The molecule has 0 heterocycles. The highest BCUT2D eigenvalue weighted by molar-refractivity contribution is 5.25. The quantitative estimate of drug-likeness (QED) is 0.807. The average molecular weight is 257 g/mol. The molecule has 0 saturated carbocycles. The molecule has 0 aliphatic carbocycles. The second-order valence-corrected chi connectivity index (χ2v) is 4.32. The molecule has 18 heavy (non-hydrogen) atoms. The second-order valence-electron chi connectivity index (χ2n) is 4.32. The van der Waals surface area contributed by atoms with E-state index in [1.54, 1.807) is 0 Å². The first kappa shape index (κ1) is 14.9. The Morgan fingerprint density at radius 1 is 1.28 bits per heavy atom. The van der Waals surface area contributed by atoms with Crippen molar-refractivity contribution in [1.29, 1.82) is 0 Å². The number of rotatable bonds is 7. The van der Waals surface area contributed by atoms with Gasteiger partial charge in [0.15, 0.2) is 11.6 Å². The molecule has 0 fully saturated rings. The van der Waals surface area contributed by atoms with Gasteiger partial charge in [-0.1, -0.05) is 20.3 Å². The van der Waals surface area contributed by atoms with E-state index in [9.17, 15) is 8.78 Å². The van der Waals surface area contributed by atoms with Crippen molar-refractivity contribution in [3.05, 3.63) is 29.8 Å². The molecule has 1 aromatic carbocycles. The molecule has 0 spiro atoms. The highest BCUT2D eigenvalue weighted by Gasteiger charge is 2.20. The molecule has 1 aromatic rings. The van der Waals surface area contributed by atoms with Crippen LogP contribution in [-0.2, 0) is 0 Å². The predicted molar refractivity (Wildman–Crippen MR) is 68.8 cm³/mol. The van der Waals surface area contributed by atoms with Gasteiger partial charge in [-0.25, -0.2) is 8.78 Å². The molecule has 0 saturated heterocycles. The Bertz CT molecular complexity index is 371. The molecule has 4 heteroatoms. The van der Waals surface area contributed by atoms with Crippen LogP contribution in [0.4, 0.5) is 8.78 Å². The summed E-state index contributed by atoms with van der Waals surface area (Å²) >= 11 is 0. The summed E-state index contributed by atoms with van der Waals surface area (Å²) in [5.74, 6) is -1.03. The first-order valence-electron chi connectivity index (χ1n) is 6.41. The van der Waals surface area contributed by atoms with Crippen LogP contribution in [0, 0.1) is 11.6 Å². The summed E-state index contributed by atoms with van der Waals surface area (Å²) in [4.78, 5) is 0. The zero-order valence-electron chi connectivity index (χ0n) is 11.2. The summed E-state index contributed by atoms with van der Waals surface area (Å²) in [7, 11) is 1.86. The Morgan fingerprint density at radius 3 is 2.56 bits per heavy atom. The van der Waals surface area contributed by atoms with E-state index in [1.165, 1.54) is 0 Å². The second kappa shape index (κ2) is 7.31. The molecular formula is C14H21F2NO. The third-order valence-corrected chi connectivity index (χ3v) is 2.99. The Morgan fingerprint density at radius 2 is 2.00 bits per heavy atom. The van der Waals surface area contributed by atoms with Crippen molar-refractivity contribution in [2.75, 3.05) is 7.05 Å². The van der Waals surface area contributed by atoms with Crippen molar-refractivity contribution in [1.82, 2.24) is 5.32 Å². The van der Waals surface area contributed by atoms with Gasteiger partial charge in [-0.2, -0.15) is 0 Å². The van der Waals surface area contributed by atoms with Crippen molar-refractivity contribution in [3.63, 3.8) is 0 Å². The maximum absolute atomic E-state index is 13.5. The largest absolute Gasteiger partial charge is 0.486 e. The van der Waals surface area contributed by atoms with E-state index in [0.29, 0.717) is 0 Å². The van der Waals surface area contributed by atoms with Gasteiger partial charge >= 0.3 is 0 Å². The maximum atomic E-state index is 13.5. The first-order chi connectivity index (χ1) is 8.62. The predicted octanol–water partition coefficient (Wildman–Crippen LogP) is 3.51. The van der Waals surface area contributed by atoms with Crippen LogP contribution in [0.15, 0.2) is 18.2 Å². The zero-order chi connectivity index (χ0) is 13.5. The summed E-state index contributed by atoms with van der Waals surface area (Å²) < 4.78 is 32.2. The minimum Gasteiger partial charge on any atom is -0.486 e. The van der Waals surface area contributed by atoms with Gasteiger partial charge in [0.05, 0.1) is 0 Å². The summed E-state index contributed by atoms with van der Waals surface area (Å²) in [6, 6.07) is 3.41. The van der Waals surface area contributed by atoms with Gasteiger partial charge < -0.3 is 10.1 Å². The number of halogens is 2. The lowest BCUT2D eigenvalue weighted by atomic mass is 10.0. The van der Waals surface area contributed by atoms with Gasteiger partial charge in [0.2, 0.25) is 0 Å². The highest BCUT2D eigenvalue weighted by Crippen LogP contribution is 2.22.